The molecule has 1 aromatic heterocycles. The fourth-order valence-corrected chi connectivity index (χ4v) is 4.02. The van der Waals surface area contributed by atoms with Crippen LogP contribution < -0.4 is 10.1 Å². The van der Waals surface area contributed by atoms with Crippen LogP contribution in [0.4, 0.5) is 5.69 Å². The second-order valence-electron chi connectivity index (χ2n) is 7.59. The highest BCUT2D eigenvalue weighted by molar-refractivity contribution is 6.05. The van der Waals surface area contributed by atoms with Gasteiger partial charge in [0.15, 0.2) is 5.69 Å². The Labute approximate surface area is 178 Å². The van der Waals surface area contributed by atoms with Gasteiger partial charge < -0.3 is 14.8 Å². The number of hydrogen-bond donors (Lipinski definition) is 2. The Kier molecular flexibility index (Phi) is 5.85. The lowest BCUT2D eigenvalue weighted by Gasteiger charge is -2.38. The topological polar surface area (TPSA) is 119 Å². The highest BCUT2D eigenvalue weighted by Gasteiger charge is 2.35. The van der Waals surface area contributed by atoms with Gasteiger partial charge in [-0.2, -0.15) is 5.10 Å². The average Bonchev–Trinajstić information content (AvgIpc) is 3.22. The number of H-pyrrole nitrogens is 1. The minimum Gasteiger partial charge on any atom is -0.494 e. The molecule has 1 amide bonds. The van der Waals surface area contributed by atoms with E-state index in [1.54, 1.807) is 6.07 Å². The number of hydrogen-bond acceptors (Lipinski definition) is 6. The van der Waals surface area contributed by atoms with Gasteiger partial charge in [0.05, 0.1) is 17.0 Å². The molecule has 1 aliphatic rings. The zero-order valence-electron chi connectivity index (χ0n) is 17.2. The number of nitro benzene ring substituents is 1. The number of benzene rings is 2. The molecule has 2 heterocycles. The smallest absolute Gasteiger partial charge is 0.272 e. The molecular weight excluding hydrogens is 400 g/mol. The summed E-state index contributed by atoms with van der Waals surface area (Å²) in [5, 5.41) is 21.4. The lowest BCUT2D eigenvalue weighted by molar-refractivity contribution is -0.384. The maximum Gasteiger partial charge on any atom is 0.272 e. The van der Waals surface area contributed by atoms with Gasteiger partial charge in [0.25, 0.3) is 11.6 Å². The van der Waals surface area contributed by atoms with Crippen LogP contribution >= 0.6 is 0 Å². The zero-order chi connectivity index (χ0) is 21.8. The Balaban J connectivity index is 1.56. The number of ether oxygens (including phenoxy) is 2. The molecular formula is C22H24N4O5. The first-order valence-electron chi connectivity index (χ1n) is 10.2. The summed E-state index contributed by atoms with van der Waals surface area (Å²) in [5.74, 6) is 0.436. The number of nitro groups is 1. The van der Waals surface area contributed by atoms with E-state index in [1.807, 2.05) is 31.2 Å². The van der Waals surface area contributed by atoms with Crippen molar-refractivity contribution in [1.29, 1.82) is 0 Å². The van der Waals surface area contributed by atoms with Gasteiger partial charge in [0, 0.05) is 42.7 Å². The maximum absolute atomic E-state index is 12.9. The second kappa shape index (κ2) is 8.73. The van der Waals surface area contributed by atoms with Gasteiger partial charge in [-0.1, -0.05) is 12.1 Å². The predicted molar refractivity (Wildman–Crippen MR) is 114 cm³/mol. The normalized spacial score (nSPS) is 15.5. The quantitative estimate of drug-likeness (QED) is 0.443. The first kappa shape index (κ1) is 20.8. The van der Waals surface area contributed by atoms with Crippen molar-refractivity contribution in [2.75, 3.05) is 26.4 Å². The van der Waals surface area contributed by atoms with E-state index >= 15 is 0 Å². The number of aromatic nitrogens is 2. The van der Waals surface area contributed by atoms with Crippen LogP contribution in [0.2, 0.25) is 0 Å². The molecule has 9 nitrogen and oxygen atoms in total. The summed E-state index contributed by atoms with van der Waals surface area (Å²) < 4.78 is 11.1. The van der Waals surface area contributed by atoms with Crippen LogP contribution in [0, 0.1) is 10.1 Å². The van der Waals surface area contributed by atoms with E-state index in [2.05, 4.69) is 15.5 Å². The van der Waals surface area contributed by atoms with E-state index in [-0.39, 0.29) is 22.7 Å². The van der Waals surface area contributed by atoms with E-state index < -0.39 is 4.92 Å². The summed E-state index contributed by atoms with van der Waals surface area (Å²) in [5.41, 5.74) is 1.48. The number of carbonyl (C=O) groups excluding carboxylic acids is 1. The Morgan fingerprint density at radius 1 is 1.26 bits per heavy atom. The minimum absolute atomic E-state index is 0.0850. The molecule has 0 saturated carbocycles. The summed E-state index contributed by atoms with van der Waals surface area (Å²) >= 11 is 0. The van der Waals surface area contributed by atoms with Gasteiger partial charge in [0.2, 0.25) is 0 Å². The summed E-state index contributed by atoms with van der Waals surface area (Å²) in [7, 11) is 0. The number of carbonyl (C=O) groups is 1. The van der Waals surface area contributed by atoms with E-state index in [4.69, 9.17) is 9.47 Å². The Bertz CT molecular complexity index is 1090. The largest absolute Gasteiger partial charge is 0.494 e. The lowest BCUT2D eigenvalue weighted by atomic mass is 9.74. The standard InChI is InChI=1S/C22H24N4O5/c1-2-31-17-6-3-15(4-7-17)22(9-11-30-12-10-22)14-23-21(27)20-18-13-16(26(28)29)5-8-19(18)24-25-20/h3-8,13H,2,9-12,14H2,1H3,(H,23,27)(H,24,25). The first-order valence-corrected chi connectivity index (χ1v) is 10.2. The molecule has 0 aliphatic carbocycles. The van der Waals surface area contributed by atoms with Crippen molar-refractivity contribution in [3.63, 3.8) is 0 Å². The van der Waals surface area contributed by atoms with Crippen molar-refractivity contribution < 1.29 is 19.2 Å². The number of non-ortho nitro benzene ring substituents is 1. The minimum atomic E-state index is -0.489. The number of aromatic amines is 1. The van der Waals surface area contributed by atoms with E-state index in [1.165, 1.54) is 12.1 Å². The predicted octanol–water partition coefficient (Wildman–Crippen LogP) is 3.35. The van der Waals surface area contributed by atoms with Crippen LogP contribution in [-0.2, 0) is 10.2 Å². The Morgan fingerprint density at radius 2 is 2.00 bits per heavy atom. The highest BCUT2D eigenvalue weighted by atomic mass is 16.6. The fourth-order valence-electron chi connectivity index (χ4n) is 4.02. The molecule has 0 spiro atoms. The van der Waals surface area contributed by atoms with E-state index in [0.717, 1.165) is 24.2 Å². The Morgan fingerprint density at radius 3 is 2.68 bits per heavy atom. The van der Waals surface area contributed by atoms with Gasteiger partial charge in [-0.05, 0) is 43.5 Å². The molecule has 1 fully saturated rings. The molecule has 1 saturated heterocycles. The number of amides is 1. The van der Waals surface area contributed by atoms with Crippen LogP contribution in [0.3, 0.4) is 0 Å². The van der Waals surface area contributed by atoms with Crippen molar-refractivity contribution in [3.8, 4) is 5.75 Å². The monoisotopic (exact) mass is 424 g/mol. The van der Waals surface area contributed by atoms with E-state index in [9.17, 15) is 14.9 Å². The van der Waals surface area contributed by atoms with Crippen molar-refractivity contribution >= 4 is 22.5 Å². The van der Waals surface area contributed by atoms with Crippen LogP contribution in [-0.4, -0.2) is 47.4 Å². The fraction of sp³-hybridized carbons (Fsp3) is 0.364. The molecule has 4 rings (SSSR count). The van der Waals surface area contributed by atoms with Crippen molar-refractivity contribution in [1.82, 2.24) is 15.5 Å². The average molecular weight is 424 g/mol. The molecule has 162 valence electrons. The number of nitrogens with zero attached hydrogens (tertiary/aromatic N) is 2. The summed E-state index contributed by atoms with van der Waals surface area (Å²) in [6.07, 6.45) is 1.54. The van der Waals surface area contributed by atoms with Crippen LogP contribution in [0.1, 0.15) is 35.8 Å². The summed E-state index contributed by atoms with van der Waals surface area (Å²) in [6, 6.07) is 12.3. The van der Waals surface area contributed by atoms with Crippen molar-refractivity contribution in [2.24, 2.45) is 0 Å². The summed E-state index contributed by atoms with van der Waals surface area (Å²) in [4.78, 5) is 23.6. The van der Waals surface area contributed by atoms with Crippen molar-refractivity contribution in [3.05, 3.63) is 63.8 Å². The van der Waals surface area contributed by atoms with Crippen LogP contribution in [0.25, 0.3) is 10.9 Å². The van der Waals surface area contributed by atoms with Crippen molar-refractivity contribution in [2.45, 2.75) is 25.2 Å². The SMILES string of the molecule is CCOc1ccc(C2(CNC(=O)c3n[nH]c4ccc([N+](=O)[O-])cc34)CCOCC2)cc1. The van der Waals surface area contributed by atoms with Gasteiger partial charge in [-0.25, -0.2) is 0 Å². The maximum atomic E-state index is 12.9. The van der Waals surface area contributed by atoms with Crippen LogP contribution in [0.5, 0.6) is 5.75 Å². The number of rotatable bonds is 7. The second-order valence-corrected chi connectivity index (χ2v) is 7.59. The van der Waals surface area contributed by atoms with E-state index in [0.29, 0.717) is 37.3 Å². The molecule has 2 aromatic carbocycles. The first-order chi connectivity index (χ1) is 15.0. The van der Waals surface area contributed by atoms with Gasteiger partial charge in [-0.15, -0.1) is 0 Å². The lowest BCUT2D eigenvalue weighted by Crippen LogP contribution is -2.44. The molecule has 0 radical (unpaired) electrons. The molecule has 3 aromatic rings. The number of nitrogens with one attached hydrogen (secondary N) is 2. The number of fused-ring (bicyclic) bond motifs is 1. The molecule has 31 heavy (non-hydrogen) atoms. The third-order valence-electron chi connectivity index (χ3n) is 5.79. The third kappa shape index (κ3) is 4.22. The van der Waals surface area contributed by atoms with Gasteiger partial charge >= 0.3 is 0 Å². The molecule has 0 unspecified atom stereocenters. The molecule has 0 atom stereocenters. The van der Waals surface area contributed by atoms with Crippen LogP contribution in [0.15, 0.2) is 42.5 Å². The third-order valence-corrected chi connectivity index (χ3v) is 5.79. The molecule has 2 N–H and O–H groups in total. The molecule has 0 bridgehead atoms. The van der Waals surface area contributed by atoms with Gasteiger partial charge in [-0.3, -0.25) is 20.0 Å². The zero-order valence-corrected chi connectivity index (χ0v) is 17.2. The van der Waals surface area contributed by atoms with Gasteiger partial charge in [0.1, 0.15) is 5.75 Å². The molecule has 9 heteroatoms. The molecule has 1 aliphatic heterocycles. The highest BCUT2D eigenvalue weighted by Crippen LogP contribution is 2.35. The summed E-state index contributed by atoms with van der Waals surface area (Å²) in [6.45, 7) is 4.18. The Hall–Kier alpha value is -3.46.